The van der Waals surface area contributed by atoms with Crippen molar-refractivity contribution in [3.05, 3.63) is 0 Å². The molecular weight excluding hydrogens is 1180 g/mol. The molecule has 0 spiro atoms. The third-order valence-electron chi connectivity index (χ3n) is 17.3. The van der Waals surface area contributed by atoms with Crippen LogP contribution in [0.3, 0.4) is 0 Å². The van der Waals surface area contributed by atoms with Crippen molar-refractivity contribution in [1.29, 1.82) is 0 Å². The summed E-state index contributed by atoms with van der Waals surface area (Å²) < 4.78 is 39.5. The number of quaternary nitrogens is 2. The summed E-state index contributed by atoms with van der Waals surface area (Å²) in [6.07, 6.45) is 64.5. The summed E-state index contributed by atoms with van der Waals surface area (Å²) in [6.45, 7) is 19.0. The van der Waals surface area contributed by atoms with Crippen molar-refractivity contribution in [2.75, 3.05) is 120 Å². The number of ether oxygens (including phenoxy) is 6. The van der Waals surface area contributed by atoms with Gasteiger partial charge in [-0.05, 0) is 25.7 Å². The largest absolute Gasteiger partial charge is 1.00 e. The Morgan fingerprint density at radius 1 is 0.250 bits per heavy atom. The Bertz CT molecular complexity index is 1120. The molecule has 0 heterocycles. The molecule has 0 aromatic heterocycles. The van der Waals surface area contributed by atoms with Gasteiger partial charge in [0.1, 0.15) is 44.5 Å². The summed E-state index contributed by atoms with van der Waals surface area (Å²) in [6, 6.07) is 0. The molecule has 0 aliphatic heterocycles. The van der Waals surface area contributed by atoms with E-state index >= 15 is 0 Å². The number of likely N-dealkylation sites (N-methyl/N-ethyl adjacent to an activating group) is 2. The van der Waals surface area contributed by atoms with Crippen molar-refractivity contribution in [2.45, 2.75) is 354 Å². The monoisotopic (exact) mass is 1330 g/mol. The molecule has 0 aromatic carbocycles. The SMILES string of the molecule is CCCCCCCCCCCCCCOC[C@H](C[N+](C)(C)CCOCC(O)COCC[N+](C)(C)C[C@@H](COCCCCCCCCCCCCCC)OCCCCCCCCCCCCCC)OCCCCCCCCCCCCCC.[Br-].[Br-]. The number of hydrogen-bond donors (Lipinski definition) is 1. The molecule has 0 saturated heterocycles. The maximum absolute atomic E-state index is 10.9. The minimum atomic E-state index is -0.646. The van der Waals surface area contributed by atoms with Crippen LogP contribution in [0.2, 0.25) is 0 Å². The van der Waals surface area contributed by atoms with Gasteiger partial charge in [0, 0.05) is 26.4 Å². The van der Waals surface area contributed by atoms with E-state index in [9.17, 15) is 5.11 Å². The molecule has 0 aliphatic rings. The zero-order valence-electron chi connectivity index (χ0n) is 58.1. The van der Waals surface area contributed by atoms with Gasteiger partial charge in [-0.1, -0.05) is 310 Å². The number of hydrogen-bond acceptors (Lipinski definition) is 7. The molecular formula is C73H152Br2N2O7. The Balaban J connectivity index is -0.0000328. The first-order chi connectivity index (χ1) is 40.1. The lowest BCUT2D eigenvalue weighted by molar-refractivity contribution is -0.894. The van der Waals surface area contributed by atoms with E-state index in [0.29, 0.717) is 26.4 Å². The van der Waals surface area contributed by atoms with Crippen LogP contribution in [0.4, 0.5) is 0 Å². The van der Waals surface area contributed by atoms with E-state index in [-0.39, 0.29) is 59.4 Å². The Kier molecular flexibility index (Phi) is 75.1. The topological polar surface area (TPSA) is 75.6 Å². The van der Waals surface area contributed by atoms with Crippen molar-refractivity contribution >= 4 is 0 Å². The smallest absolute Gasteiger partial charge is 0.130 e. The van der Waals surface area contributed by atoms with E-state index in [1.165, 1.54) is 283 Å². The van der Waals surface area contributed by atoms with Crippen molar-refractivity contribution < 1.29 is 76.5 Å². The number of aliphatic hydroxyl groups is 1. The summed E-state index contributed by atoms with van der Waals surface area (Å²) in [5.41, 5.74) is 0. The summed E-state index contributed by atoms with van der Waals surface area (Å²) in [4.78, 5) is 0. The van der Waals surface area contributed by atoms with E-state index < -0.39 is 6.10 Å². The van der Waals surface area contributed by atoms with Crippen molar-refractivity contribution in [1.82, 2.24) is 0 Å². The third kappa shape index (κ3) is 70.1. The summed E-state index contributed by atoms with van der Waals surface area (Å²) >= 11 is 0. The zero-order valence-corrected chi connectivity index (χ0v) is 61.3. The van der Waals surface area contributed by atoms with Gasteiger partial charge in [-0.3, -0.25) is 0 Å². The Morgan fingerprint density at radius 3 is 0.667 bits per heavy atom. The predicted octanol–water partition coefficient (Wildman–Crippen LogP) is 14.1. The minimum absolute atomic E-state index is 0. The van der Waals surface area contributed by atoms with Crippen molar-refractivity contribution in [3.8, 4) is 0 Å². The minimum Gasteiger partial charge on any atom is -1.00 e. The van der Waals surface area contributed by atoms with Crippen LogP contribution in [0.1, 0.15) is 336 Å². The van der Waals surface area contributed by atoms with Crippen LogP contribution in [-0.2, 0) is 28.4 Å². The summed E-state index contributed by atoms with van der Waals surface area (Å²) in [5, 5.41) is 10.9. The van der Waals surface area contributed by atoms with E-state index in [4.69, 9.17) is 28.4 Å². The average molecular weight is 1330 g/mol. The molecule has 510 valence electrons. The number of nitrogens with zero attached hydrogens (tertiary/aromatic N) is 2. The fourth-order valence-corrected chi connectivity index (χ4v) is 11.6. The standard InChI is InChI=1S/C73H152N2O7.2BrH/c1-9-13-17-21-25-29-33-37-41-45-49-53-59-77-69-72(81-61-55-51-47-43-39-35-31-27-23-19-15-11-3)65-74(5,6)57-63-79-67-71(76)68-80-64-58-75(7,8)66-73(82-62-56-52-48-44-40-36-32-28-24-20-16-12-4)70-78-60-54-50-46-42-38-34-30-26-22-18-14-10-2;;/h71-73,76H,9-70H2,1-8H3;2*1H/q+2;;/p-2/t72-,73-;;/m0../s1. The maximum Gasteiger partial charge on any atom is 0.130 e. The van der Waals surface area contributed by atoms with E-state index in [1.54, 1.807) is 0 Å². The van der Waals surface area contributed by atoms with Crippen LogP contribution in [0.5, 0.6) is 0 Å². The lowest BCUT2D eigenvalue weighted by atomic mass is 10.1. The molecule has 2 atom stereocenters. The van der Waals surface area contributed by atoms with Gasteiger partial charge in [-0.25, -0.2) is 0 Å². The summed E-state index contributed by atoms with van der Waals surface area (Å²) in [5.74, 6) is 0. The van der Waals surface area contributed by atoms with Crippen LogP contribution in [0.15, 0.2) is 0 Å². The molecule has 0 saturated carbocycles. The van der Waals surface area contributed by atoms with Gasteiger partial charge in [0.2, 0.25) is 0 Å². The fraction of sp³-hybridized carbons (Fsp3) is 1.00. The second-order valence-electron chi connectivity index (χ2n) is 27.2. The molecule has 0 radical (unpaired) electrons. The fourth-order valence-electron chi connectivity index (χ4n) is 11.6. The molecule has 0 rings (SSSR count). The molecule has 0 aliphatic carbocycles. The van der Waals surface area contributed by atoms with Gasteiger partial charge in [-0.2, -0.15) is 0 Å². The molecule has 0 aromatic rings. The lowest BCUT2D eigenvalue weighted by Gasteiger charge is -2.33. The van der Waals surface area contributed by atoms with Crippen molar-refractivity contribution in [3.63, 3.8) is 0 Å². The van der Waals surface area contributed by atoms with Gasteiger partial charge in [0.05, 0.1) is 67.8 Å². The number of rotatable bonds is 72. The number of halogens is 2. The average Bonchev–Trinajstić information content (AvgIpc) is 3.47. The van der Waals surface area contributed by atoms with Gasteiger partial charge < -0.3 is 76.5 Å². The highest BCUT2D eigenvalue weighted by Crippen LogP contribution is 2.18. The Hall–Kier alpha value is 0.600. The second kappa shape index (κ2) is 71.0. The van der Waals surface area contributed by atoms with Crippen LogP contribution >= 0.6 is 0 Å². The number of unbranched alkanes of at least 4 members (excludes halogenated alkanes) is 44. The first-order valence-electron chi connectivity index (χ1n) is 36.9. The zero-order chi connectivity index (χ0) is 59.8. The molecule has 9 nitrogen and oxygen atoms in total. The first-order valence-corrected chi connectivity index (χ1v) is 36.9. The molecule has 11 heteroatoms. The Morgan fingerprint density at radius 2 is 0.440 bits per heavy atom. The van der Waals surface area contributed by atoms with Gasteiger partial charge in [-0.15, -0.1) is 0 Å². The van der Waals surface area contributed by atoms with Crippen LogP contribution in [-0.4, -0.2) is 153 Å². The third-order valence-corrected chi connectivity index (χ3v) is 17.3. The van der Waals surface area contributed by atoms with Gasteiger partial charge in [0.15, 0.2) is 0 Å². The van der Waals surface area contributed by atoms with Crippen LogP contribution < -0.4 is 34.0 Å². The molecule has 0 unspecified atom stereocenters. The van der Waals surface area contributed by atoms with E-state index in [2.05, 4.69) is 55.9 Å². The van der Waals surface area contributed by atoms with E-state index in [1.807, 2.05) is 0 Å². The van der Waals surface area contributed by atoms with E-state index in [0.717, 1.165) is 87.3 Å². The number of aliphatic hydroxyl groups excluding tert-OH is 1. The normalized spacial score (nSPS) is 12.8. The van der Waals surface area contributed by atoms with Gasteiger partial charge in [0.25, 0.3) is 0 Å². The second-order valence-corrected chi connectivity index (χ2v) is 27.2. The first kappa shape index (κ1) is 88.8. The summed E-state index contributed by atoms with van der Waals surface area (Å²) in [7, 11) is 9.09. The molecule has 1 N–H and O–H groups in total. The highest BCUT2D eigenvalue weighted by atomic mass is 79.9. The molecule has 0 bridgehead atoms. The lowest BCUT2D eigenvalue weighted by Crippen LogP contribution is -3.00. The highest BCUT2D eigenvalue weighted by molar-refractivity contribution is 4.61. The molecule has 0 amide bonds. The van der Waals surface area contributed by atoms with Crippen LogP contribution in [0.25, 0.3) is 0 Å². The molecule has 0 fully saturated rings. The maximum atomic E-state index is 10.9. The predicted molar refractivity (Wildman–Crippen MR) is 357 cm³/mol. The van der Waals surface area contributed by atoms with Gasteiger partial charge >= 0.3 is 0 Å². The van der Waals surface area contributed by atoms with Crippen molar-refractivity contribution in [2.24, 2.45) is 0 Å². The molecule has 84 heavy (non-hydrogen) atoms. The van der Waals surface area contributed by atoms with Crippen LogP contribution in [0, 0.1) is 0 Å². The Labute approximate surface area is 547 Å². The highest BCUT2D eigenvalue weighted by Gasteiger charge is 2.25. The quantitative estimate of drug-likeness (QED) is 0.0480.